The Bertz CT molecular complexity index is 647. The second kappa shape index (κ2) is 9.33. The van der Waals surface area contributed by atoms with E-state index in [1.54, 1.807) is 18.0 Å². The standard InChI is InChI=1S/C19H24N2O2S/c1-14(2)23-18-9-6-7-16(11-18)15(3)21-19(22)13-24-12-17-8-4-5-10-20-17/h4-11,14-15H,12-13H2,1-3H3,(H,21,22)/t15-/m1/s1. The smallest absolute Gasteiger partial charge is 0.230 e. The number of benzene rings is 1. The first-order chi connectivity index (χ1) is 11.5. The normalized spacial score (nSPS) is 12.0. The number of pyridine rings is 1. The second-order valence-electron chi connectivity index (χ2n) is 5.84. The summed E-state index contributed by atoms with van der Waals surface area (Å²) >= 11 is 1.56. The van der Waals surface area contributed by atoms with Crippen LogP contribution in [0.25, 0.3) is 0 Å². The zero-order valence-electron chi connectivity index (χ0n) is 14.4. The maximum atomic E-state index is 12.1. The molecule has 0 unspecified atom stereocenters. The summed E-state index contributed by atoms with van der Waals surface area (Å²) in [7, 11) is 0. The molecule has 0 aliphatic carbocycles. The van der Waals surface area contributed by atoms with Gasteiger partial charge in [-0.2, -0.15) is 0 Å². The molecule has 0 fully saturated rings. The molecule has 1 heterocycles. The van der Waals surface area contributed by atoms with E-state index in [9.17, 15) is 4.79 Å². The highest BCUT2D eigenvalue weighted by Crippen LogP contribution is 2.20. The van der Waals surface area contributed by atoms with E-state index in [2.05, 4.69) is 10.3 Å². The van der Waals surface area contributed by atoms with Crippen molar-refractivity contribution in [3.05, 3.63) is 59.9 Å². The highest BCUT2D eigenvalue weighted by atomic mass is 32.2. The van der Waals surface area contributed by atoms with Crippen LogP contribution in [-0.2, 0) is 10.5 Å². The Morgan fingerprint density at radius 3 is 2.75 bits per heavy atom. The average Bonchev–Trinajstić information content (AvgIpc) is 2.55. The first-order valence-electron chi connectivity index (χ1n) is 8.08. The third-order valence-electron chi connectivity index (χ3n) is 3.32. The van der Waals surface area contributed by atoms with Crippen molar-refractivity contribution in [2.24, 2.45) is 0 Å². The Hall–Kier alpha value is -2.01. The van der Waals surface area contributed by atoms with Gasteiger partial charge in [-0.05, 0) is 50.6 Å². The van der Waals surface area contributed by atoms with E-state index in [0.29, 0.717) is 5.75 Å². The number of carbonyl (C=O) groups is 1. The molecule has 5 heteroatoms. The summed E-state index contributed by atoms with van der Waals surface area (Å²) < 4.78 is 5.70. The van der Waals surface area contributed by atoms with E-state index in [1.165, 1.54) is 0 Å². The van der Waals surface area contributed by atoms with E-state index < -0.39 is 0 Å². The van der Waals surface area contributed by atoms with Crippen LogP contribution in [-0.4, -0.2) is 22.7 Å². The van der Waals surface area contributed by atoms with Crippen molar-refractivity contribution in [2.45, 2.75) is 38.7 Å². The average molecular weight is 344 g/mol. The predicted octanol–water partition coefficient (Wildman–Crippen LogP) is 3.98. The maximum Gasteiger partial charge on any atom is 0.230 e. The molecule has 1 atom stereocenters. The van der Waals surface area contributed by atoms with Crippen molar-refractivity contribution in [3.63, 3.8) is 0 Å². The molecule has 0 bridgehead atoms. The Balaban J connectivity index is 1.80. The Morgan fingerprint density at radius 1 is 1.21 bits per heavy atom. The predicted molar refractivity (Wildman–Crippen MR) is 99.2 cm³/mol. The number of hydrogen-bond donors (Lipinski definition) is 1. The SMILES string of the molecule is CC(C)Oc1cccc([C@@H](C)NC(=O)CSCc2ccccn2)c1. The summed E-state index contributed by atoms with van der Waals surface area (Å²) in [5.41, 5.74) is 2.03. The lowest BCUT2D eigenvalue weighted by Crippen LogP contribution is -2.28. The fourth-order valence-corrected chi connectivity index (χ4v) is 2.98. The van der Waals surface area contributed by atoms with Crippen molar-refractivity contribution in [3.8, 4) is 5.75 Å². The van der Waals surface area contributed by atoms with Crippen LogP contribution in [0.2, 0.25) is 0 Å². The number of nitrogens with zero attached hydrogens (tertiary/aromatic N) is 1. The van der Waals surface area contributed by atoms with Crippen LogP contribution in [0.3, 0.4) is 0 Å². The Kier molecular flexibility index (Phi) is 7.12. The lowest BCUT2D eigenvalue weighted by Gasteiger charge is -2.16. The van der Waals surface area contributed by atoms with Gasteiger partial charge in [0.2, 0.25) is 5.91 Å². The van der Waals surface area contributed by atoms with Crippen molar-refractivity contribution in [2.75, 3.05) is 5.75 Å². The molecule has 1 amide bonds. The fraction of sp³-hybridized carbons (Fsp3) is 0.368. The minimum atomic E-state index is -0.0522. The molecule has 2 rings (SSSR count). The number of rotatable bonds is 8. The lowest BCUT2D eigenvalue weighted by molar-refractivity contribution is -0.119. The van der Waals surface area contributed by atoms with E-state index in [-0.39, 0.29) is 18.1 Å². The summed E-state index contributed by atoms with van der Waals surface area (Å²) in [4.78, 5) is 16.3. The number of thioether (sulfide) groups is 1. The summed E-state index contributed by atoms with van der Waals surface area (Å²) in [6.45, 7) is 5.98. The molecule has 0 aliphatic rings. The highest BCUT2D eigenvalue weighted by molar-refractivity contribution is 7.99. The van der Waals surface area contributed by atoms with Crippen molar-refractivity contribution >= 4 is 17.7 Å². The van der Waals surface area contributed by atoms with Gasteiger partial charge in [-0.1, -0.05) is 18.2 Å². The van der Waals surface area contributed by atoms with Crippen molar-refractivity contribution < 1.29 is 9.53 Å². The molecule has 24 heavy (non-hydrogen) atoms. The zero-order valence-corrected chi connectivity index (χ0v) is 15.2. The van der Waals surface area contributed by atoms with Crippen LogP contribution in [0.1, 0.15) is 38.1 Å². The molecule has 0 radical (unpaired) electrons. The number of amides is 1. The summed E-state index contributed by atoms with van der Waals surface area (Å²) in [5, 5.41) is 3.03. The van der Waals surface area contributed by atoms with Crippen LogP contribution in [0.4, 0.5) is 0 Å². The van der Waals surface area contributed by atoms with Gasteiger partial charge in [-0.25, -0.2) is 0 Å². The summed E-state index contributed by atoms with van der Waals surface area (Å²) in [6, 6.07) is 13.6. The third kappa shape index (κ3) is 6.24. The van der Waals surface area contributed by atoms with Crippen LogP contribution in [0, 0.1) is 0 Å². The first kappa shape index (κ1) is 18.3. The van der Waals surface area contributed by atoms with E-state index in [4.69, 9.17) is 4.74 Å². The lowest BCUT2D eigenvalue weighted by atomic mass is 10.1. The molecule has 128 valence electrons. The molecule has 0 saturated carbocycles. The molecule has 2 aromatic rings. The van der Waals surface area contributed by atoms with Gasteiger partial charge in [0.15, 0.2) is 0 Å². The summed E-state index contributed by atoms with van der Waals surface area (Å²) in [5.74, 6) is 2.01. The highest BCUT2D eigenvalue weighted by Gasteiger charge is 2.11. The van der Waals surface area contributed by atoms with Gasteiger partial charge < -0.3 is 10.1 Å². The van der Waals surface area contributed by atoms with Crippen LogP contribution < -0.4 is 10.1 Å². The van der Waals surface area contributed by atoms with Gasteiger partial charge >= 0.3 is 0 Å². The second-order valence-corrected chi connectivity index (χ2v) is 6.83. The van der Waals surface area contributed by atoms with Gasteiger partial charge in [0.05, 0.1) is 23.6 Å². The number of carbonyl (C=O) groups excluding carboxylic acids is 1. The van der Waals surface area contributed by atoms with Crippen molar-refractivity contribution in [1.82, 2.24) is 10.3 Å². The van der Waals surface area contributed by atoms with E-state index >= 15 is 0 Å². The molecule has 0 spiro atoms. The topological polar surface area (TPSA) is 51.2 Å². The largest absolute Gasteiger partial charge is 0.491 e. The van der Waals surface area contributed by atoms with Crippen LogP contribution in [0.15, 0.2) is 48.7 Å². The van der Waals surface area contributed by atoms with Crippen LogP contribution >= 0.6 is 11.8 Å². The Morgan fingerprint density at radius 2 is 2.04 bits per heavy atom. The minimum Gasteiger partial charge on any atom is -0.491 e. The molecule has 4 nitrogen and oxygen atoms in total. The number of aromatic nitrogens is 1. The molecule has 1 aromatic heterocycles. The molecular weight excluding hydrogens is 320 g/mol. The van der Waals surface area contributed by atoms with Gasteiger partial charge in [-0.3, -0.25) is 9.78 Å². The Labute approximate surface area is 148 Å². The number of nitrogens with one attached hydrogen (secondary N) is 1. The zero-order chi connectivity index (χ0) is 17.4. The summed E-state index contributed by atoms with van der Waals surface area (Å²) in [6.07, 6.45) is 1.90. The number of hydrogen-bond acceptors (Lipinski definition) is 4. The van der Waals surface area contributed by atoms with E-state index in [0.717, 1.165) is 22.8 Å². The van der Waals surface area contributed by atoms with E-state index in [1.807, 2.05) is 63.2 Å². The van der Waals surface area contributed by atoms with Gasteiger partial charge in [-0.15, -0.1) is 11.8 Å². The maximum absolute atomic E-state index is 12.1. The molecular formula is C19H24N2O2S. The number of ether oxygens (including phenoxy) is 1. The molecule has 1 aromatic carbocycles. The molecule has 1 N–H and O–H groups in total. The van der Waals surface area contributed by atoms with Gasteiger partial charge in [0.1, 0.15) is 5.75 Å². The molecule has 0 saturated heterocycles. The molecule has 0 aliphatic heterocycles. The van der Waals surface area contributed by atoms with Gasteiger partial charge in [0, 0.05) is 11.9 Å². The van der Waals surface area contributed by atoms with Gasteiger partial charge in [0.25, 0.3) is 0 Å². The third-order valence-corrected chi connectivity index (χ3v) is 4.28. The first-order valence-corrected chi connectivity index (χ1v) is 9.23. The van der Waals surface area contributed by atoms with Crippen molar-refractivity contribution in [1.29, 1.82) is 0 Å². The monoisotopic (exact) mass is 344 g/mol. The van der Waals surface area contributed by atoms with Crippen LogP contribution in [0.5, 0.6) is 5.75 Å². The fourth-order valence-electron chi connectivity index (χ4n) is 2.23. The minimum absolute atomic E-state index is 0.0265. The quantitative estimate of drug-likeness (QED) is 0.787.